The Morgan fingerprint density at radius 3 is 2.60 bits per heavy atom. The molecule has 2 heterocycles. The summed E-state index contributed by atoms with van der Waals surface area (Å²) in [5.41, 5.74) is 2.00. The van der Waals surface area contributed by atoms with E-state index in [1.165, 1.54) is 28.4 Å². The van der Waals surface area contributed by atoms with Crippen LogP contribution in [-0.2, 0) is 9.84 Å². The van der Waals surface area contributed by atoms with E-state index < -0.39 is 15.5 Å². The predicted molar refractivity (Wildman–Crippen MR) is 96.4 cm³/mol. The summed E-state index contributed by atoms with van der Waals surface area (Å²) in [7, 11) is -3.28. The fourth-order valence-corrected chi connectivity index (χ4v) is 3.57. The van der Waals surface area contributed by atoms with Crippen LogP contribution in [0.1, 0.15) is 5.69 Å². The monoisotopic (exact) mass is 374 g/mol. The summed E-state index contributed by atoms with van der Waals surface area (Å²) < 4.78 is 24.4. The molecule has 2 aromatic heterocycles. The van der Waals surface area contributed by atoms with Gasteiger partial charge in [0.1, 0.15) is 0 Å². The lowest BCUT2D eigenvalue weighted by Crippen LogP contribution is -2.19. The lowest BCUT2D eigenvalue weighted by Gasteiger charge is -2.03. The highest BCUT2D eigenvalue weighted by Gasteiger charge is 2.17. The first-order valence-electron chi connectivity index (χ1n) is 7.17. The first-order chi connectivity index (χ1) is 11.8. The van der Waals surface area contributed by atoms with Gasteiger partial charge in [0.2, 0.25) is 0 Å². The number of hydrogen-bond donors (Lipinski definition) is 1. The lowest BCUT2D eigenvalue weighted by atomic mass is 10.1. The zero-order valence-corrected chi connectivity index (χ0v) is 15.1. The zero-order valence-electron chi connectivity index (χ0n) is 13.5. The van der Waals surface area contributed by atoms with Crippen LogP contribution in [0.15, 0.2) is 39.1 Å². The van der Waals surface area contributed by atoms with Crippen LogP contribution in [0.2, 0.25) is 0 Å². The molecule has 3 aromatic rings. The summed E-state index contributed by atoms with van der Waals surface area (Å²) in [4.78, 5) is 19.5. The molecule has 1 N–H and O–H groups in total. The standard InChI is InChI=1S/C16H14N4O3S2/c1-4-9-24-15-17-14-13(10(2)19-20(14)16(21)18-15)11-5-7-12(8-6-11)25(3,22)23/h1,5-8H,9H2,2-3H3,(H,17,18,21). The van der Waals surface area contributed by atoms with E-state index in [0.717, 1.165) is 11.8 Å². The van der Waals surface area contributed by atoms with Gasteiger partial charge in [-0.3, -0.25) is 4.98 Å². The molecular formula is C16H14N4O3S2. The third-order valence-corrected chi connectivity index (χ3v) is 5.42. The topological polar surface area (TPSA) is 97.2 Å². The van der Waals surface area contributed by atoms with Crippen LogP contribution in [0, 0.1) is 19.3 Å². The van der Waals surface area contributed by atoms with Crippen LogP contribution < -0.4 is 5.69 Å². The van der Waals surface area contributed by atoms with Crippen LogP contribution in [-0.4, -0.2) is 40.0 Å². The molecular weight excluding hydrogens is 360 g/mol. The van der Waals surface area contributed by atoms with E-state index in [4.69, 9.17) is 6.42 Å². The van der Waals surface area contributed by atoms with Crippen molar-refractivity contribution in [3.05, 3.63) is 40.4 Å². The van der Waals surface area contributed by atoms with Crippen LogP contribution in [0.4, 0.5) is 0 Å². The number of terminal acetylenes is 1. The quantitative estimate of drug-likeness (QED) is 0.549. The SMILES string of the molecule is C#CCSc1nc2c(-c3ccc(S(C)(=O)=O)cc3)c(C)nn2c(=O)[nH]1. The normalized spacial score (nSPS) is 11.6. The summed E-state index contributed by atoms with van der Waals surface area (Å²) in [6.45, 7) is 1.77. The van der Waals surface area contributed by atoms with Crippen LogP contribution in [0.3, 0.4) is 0 Å². The maximum atomic E-state index is 12.2. The number of H-pyrrole nitrogens is 1. The number of aryl methyl sites for hydroxylation is 1. The largest absolute Gasteiger partial charge is 0.350 e. The molecule has 0 saturated heterocycles. The van der Waals surface area contributed by atoms with Gasteiger partial charge in [-0.25, -0.2) is 18.2 Å². The van der Waals surface area contributed by atoms with Gasteiger partial charge in [0.15, 0.2) is 20.6 Å². The molecule has 0 spiro atoms. The van der Waals surface area contributed by atoms with Crippen molar-refractivity contribution in [2.24, 2.45) is 0 Å². The number of sulfone groups is 1. The highest BCUT2D eigenvalue weighted by Crippen LogP contribution is 2.28. The van der Waals surface area contributed by atoms with Gasteiger partial charge < -0.3 is 0 Å². The Bertz CT molecular complexity index is 1150. The molecule has 0 aliphatic carbocycles. The predicted octanol–water partition coefficient (Wildman–Crippen LogP) is 1.52. The molecule has 0 atom stereocenters. The van der Waals surface area contributed by atoms with Crippen molar-refractivity contribution < 1.29 is 8.42 Å². The molecule has 1 aromatic carbocycles. The third-order valence-electron chi connectivity index (χ3n) is 3.51. The molecule has 0 fully saturated rings. The fourth-order valence-electron chi connectivity index (χ4n) is 2.41. The second-order valence-corrected chi connectivity index (χ2v) is 8.31. The minimum atomic E-state index is -3.28. The molecule has 25 heavy (non-hydrogen) atoms. The number of rotatable bonds is 4. The van der Waals surface area contributed by atoms with Crippen LogP contribution in [0.5, 0.6) is 0 Å². The second kappa shape index (κ2) is 6.38. The summed E-state index contributed by atoms with van der Waals surface area (Å²) in [6.07, 6.45) is 6.40. The van der Waals surface area contributed by atoms with E-state index in [9.17, 15) is 13.2 Å². The van der Waals surface area contributed by atoms with Crippen molar-refractivity contribution in [3.8, 4) is 23.5 Å². The number of fused-ring (bicyclic) bond motifs is 1. The highest BCUT2D eigenvalue weighted by atomic mass is 32.2. The zero-order chi connectivity index (χ0) is 18.2. The van der Waals surface area contributed by atoms with E-state index in [1.54, 1.807) is 19.1 Å². The molecule has 0 aliphatic rings. The number of aromatic nitrogens is 4. The number of nitrogens with zero attached hydrogens (tertiary/aromatic N) is 3. The average molecular weight is 374 g/mol. The van der Waals surface area contributed by atoms with Crippen molar-refractivity contribution in [1.82, 2.24) is 19.6 Å². The molecule has 9 heteroatoms. The Labute approximate surface area is 148 Å². The molecule has 3 rings (SSSR count). The van der Waals surface area contributed by atoms with E-state index in [0.29, 0.717) is 27.8 Å². The molecule has 0 unspecified atom stereocenters. The molecule has 128 valence electrons. The summed E-state index contributed by atoms with van der Waals surface area (Å²) in [5.74, 6) is 2.86. The van der Waals surface area contributed by atoms with Crippen molar-refractivity contribution in [3.63, 3.8) is 0 Å². The van der Waals surface area contributed by atoms with Gasteiger partial charge >= 0.3 is 5.69 Å². The average Bonchev–Trinajstić information content (AvgIpc) is 2.89. The molecule has 0 bridgehead atoms. The maximum absolute atomic E-state index is 12.2. The Hall–Kier alpha value is -2.57. The lowest BCUT2D eigenvalue weighted by molar-refractivity contribution is 0.602. The van der Waals surface area contributed by atoms with Gasteiger partial charge in [-0.1, -0.05) is 29.8 Å². The second-order valence-electron chi connectivity index (χ2n) is 5.33. The molecule has 0 aliphatic heterocycles. The highest BCUT2D eigenvalue weighted by molar-refractivity contribution is 7.99. The van der Waals surface area contributed by atoms with Crippen molar-refractivity contribution in [2.45, 2.75) is 17.0 Å². The van der Waals surface area contributed by atoms with Crippen LogP contribution >= 0.6 is 11.8 Å². The number of aromatic amines is 1. The third kappa shape index (κ3) is 3.31. The Morgan fingerprint density at radius 1 is 1.32 bits per heavy atom. The van der Waals surface area contributed by atoms with Gasteiger partial charge in [0.05, 0.1) is 16.3 Å². The van der Waals surface area contributed by atoms with Crippen molar-refractivity contribution >= 4 is 27.2 Å². The molecule has 0 radical (unpaired) electrons. The summed E-state index contributed by atoms with van der Waals surface area (Å²) in [5, 5.41) is 4.63. The van der Waals surface area contributed by atoms with Crippen LogP contribution in [0.25, 0.3) is 16.8 Å². The van der Waals surface area contributed by atoms with Gasteiger partial charge in [-0.15, -0.1) is 6.42 Å². The first kappa shape index (κ1) is 17.3. The Balaban J connectivity index is 2.18. The number of thioether (sulfide) groups is 1. The maximum Gasteiger partial charge on any atom is 0.350 e. The van der Waals surface area contributed by atoms with Gasteiger partial charge in [0.25, 0.3) is 0 Å². The van der Waals surface area contributed by atoms with E-state index in [1.807, 2.05) is 0 Å². The Morgan fingerprint density at radius 2 is 2.00 bits per heavy atom. The Kier molecular flexibility index (Phi) is 4.41. The van der Waals surface area contributed by atoms with Gasteiger partial charge in [-0.2, -0.15) is 9.61 Å². The minimum absolute atomic E-state index is 0.224. The summed E-state index contributed by atoms with van der Waals surface area (Å²) >= 11 is 1.25. The fraction of sp³-hybridized carbons (Fsp3) is 0.188. The van der Waals surface area contributed by atoms with Crippen molar-refractivity contribution in [2.75, 3.05) is 12.0 Å². The molecule has 0 saturated carbocycles. The number of benzene rings is 1. The number of hydrogen-bond acceptors (Lipinski definition) is 6. The van der Waals surface area contributed by atoms with E-state index in [-0.39, 0.29) is 4.90 Å². The molecule has 0 amide bonds. The summed E-state index contributed by atoms with van der Waals surface area (Å²) in [6, 6.07) is 6.40. The number of nitrogens with one attached hydrogen (secondary N) is 1. The van der Waals surface area contributed by atoms with Gasteiger partial charge in [-0.05, 0) is 24.6 Å². The molecule has 7 nitrogen and oxygen atoms in total. The van der Waals surface area contributed by atoms with Crippen molar-refractivity contribution in [1.29, 1.82) is 0 Å². The smallest absolute Gasteiger partial charge is 0.285 e. The van der Waals surface area contributed by atoms with Gasteiger partial charge in [0, 0.05) is 11.8 Å². The van der Waals surface area contributed by atoms with E-state index >= 15 is 0 Å². The first-order valence-corrected chi connectivity index (χ1v) is 10.1. The minimum Gasteiger partial charge on any atom is -0.285 e. The van der Waals surface area contributed by atoms with E-state index in [2.05, 4.69) is 21.0 Å².